The van der Waals surface area contributed by atoms with Crippen molar-refractivity contribution < 1.29 is 9.84 Å². The highest BCUT2D eigenvalue weighted by Gasteiger charge is 2.15. The molecule has 4 nitrogen and oxygen atoms in total. The molecule has 1 heterocycles. The van der Waals surface area contributed by atoms with E-state index in [0.29, 0.717) is 6.54 Å². The third kappa shape index (κ3) is 5.47. The number of ether oxygens (including phenoxy) is 1. The van der Waals surface area contributed by atoms with Crippen molar-refractivity contribution in [1.82, 2.24) is 10.3 Å². The summed E-state index contributed by atoms with van der Waals surface area (Å²) in [6, 6.07) is 3.83. The predicted octanol–water partition coefficient (Wildman–Crippen LogP) is 2.04. The number of hydrogen-bond donors (Lipinski definition) is 2. The fourth-order valence-electron chi connectivity index (χ4n) is 1.49. The fraction of sp³-hybridized carbons (Fsp3) is 0.643. The van der Waals surface area contributed by atoms with Crippen LogP contribution in [0.2, 0.25) is 0 Å². The van der Waals surface area contributed by atoms with Gasteiger partial charge in [-0.1, -0.05) is 6.92 Å². The molecule has 1 aromatic heterocycles. The van der Waals surface area contributed by atoms with Crippen molar-refractivity contribution in [2.45, 2.75) is 46.3 Å². The minimum absolute atomic E-state index is 0.262. The fourth-order valence-corrected chi connectivity index (χ4v) is 1.49. The molecule has 2 N–H and O–H groups in total. The monoisotopic (exact) mass is 252 g/mol. The van der Waals surface area contributed by atoms with Gasteiger partial charge in [0.15, 0.2) is 0 Å². The highest BCUT2D eigenvalue weighted by atomic mass is 16.5. The normalized spacial score (nSPS) is 11.6. The lowest BCUT2D eigenvalue weighted by Crippen LogP contribution is -2.28. The van der Waals surface area contributed by atoms with Gasteiger partial charge in [0.05, 0.1) is 11.3 Å². The van der Waals surface area contributed by atoms with Gasteiger partial charge in [-0.2, -0.15) is 0 Å². The number of hydrogen-bond acceptors (Lipinski definition) is 4. The van der Waals surface area contributed by atoms with Crippen molar-refractivity contribution in [3.63, 3.8) is 0 Å². The highest BCUT2D eigenvalue weighted by Crippen LogP contribution is 2.18. The first-order chi connectivity index (χ1) is 8.42. The van der Waals surface area contributed by atoms with Gasteiger partial charge in [0.25, 0.3) is 0 Å². The summed E-state index contributed by atoms with van der Waals surface area (Å²) in [6.07, 6.45) is 1.09. The van der Waals surface area contributed by atoms with Gasteiger partial charge < -0.3 is 15.2 Å². The van der Waals surface area contributed by atoms with Gasteiger partial charge in [0.1, 0.15) is 12.4 Å². The predicted molar refractivity (Wildman–Crippen MR) is 72.8 cm³/mol. The average Bonchev–Trinajstić information content (AvgIpc) is 2.27. The van der Waals surface area contributed by atoms with E-state index in [1.165, 1.54) is 0 Å². The molecular formula is C14H24N2O2. The molecule has 0 aromatic carbocycles. The summed E-state index contributed by atoms with van der Waals surface area (Å²) in [7, 11) is 0. The molecule has 0 fully saturated rings. The van der Waals surface area contributed by atoms with Gasteiger partial charge in [-0.25, -0.2) is 0 Å². The molecule has 0 amide bonds. The maximum absolute atomic E-state index is 9.68. The first-order valence-corrected chi connectivity index (χ1v) is 6.45. The van der Waals surface area contributed by atoms with E-state index in [4.69, 9.17) is 4.74 Å². The summed E-state index contributed by atoms with van der Waals surface area (Å²) < 4.78 is 5.63. The second-order valence-corrected chi connectivity index (χ2v) is 5.18. The zero-order valence-electron chi connectivity index (χ0n) is 11.8. The number of aromatic nitrogens is 1. The van der Waals surface area contributed by atoms with Crippen molar-refractivity contribution in [3.05, 3.63) is 23.5 Å². The Hall–Kier alpha value is -1.13. The number of nitrogens with one attached hydrogen (secondary N) is 1. The topological polar surface area (TPSA) is 54.4 Å². The Morgan fingerprint density at radius 1 is 1.39 bits per heavy atom. The van der Waals surface area contributed by atoms with E-state index < -0.39 is 5.60 Å². The van der Waals surface area contributed by atoms with Crippen molar-refractivity contribution in [3.8, 4) is 5.75 Å². The summed E-state index contributed by atoms with van der Waals surface area (Å²) in [5, 5.41) is 13.0. The van der Waals surface area contributed by atoms with Crippen LogP contribution in [0.15, 0.2) is 12.1 Å². The molecule has 18 heavy (non-hydrogen) atoms. The lowest BCUT2D eigenvalue weighted by Gasteiger charge is -2.19. The number of rotatable bonds is 7. The molecular weight excluding hydrogens is 228 g/mol. The second-order valence-electron chi connectivity index (χ2n) is 5.18. The molecule has 0 atom stereocenters. The Morgan fingerprint density at radius 2 is 2.11 bits per heavy atom. The molecule has 0 bridgehead atoms. The van der Waals surface area contributed by atoms with E-state index in [1.807, 2.05) is 19.1 Å². The van der Waals surface area contributed by atoms with Crippen LogP contribution in [0.1, 0.15) is 38.6 Å². The van der Waals surface area contributed by atoms with E-state index in [2.05, 4.69) is 17.2 Å². The van der Waals surface area contributed by atoms with Crippen LogP contribution >= 0.6 is 0 Å². The van der Waals surface area contributed by atoms with Gasteiger partial charge in [-0.05, 0) is 45.9 Å². The summed E-state index contributed by atoms with van der Waals surface area (Å²) in [6.45, 7) is 9.45. The summed E-state index contributed by atoms with van der Waals surface area (Å²) in [5.41, 5.74) is 1.03. The third-order valence-electron chi connectivity index (χ3n) is 2.37. The van der Waals surface area contributed by atoms with Crippen LogP contribution in [0.25, 0.3) is 0 Å². The van der Waals surface area contributed by atoms with E-state index in [-0.39, 0.29) is 6.61 Å². The molecule has 1 rings (SSSR count). The van der Waals surface area contributed by atoms with Crippen LogP contribution in [0.4, 0.5) is 0 Å². The van der Waals surface area contributed by atoms with Crippen LogP contribution in [-0.4, -0.2) is 28.8 Å². The summed E-state index contributed by atoms with van der Waals surface area (Å²) in [5.74, 6) is 0.742. The summed E-state index contributed by atoms with van der Waals surface area (Å²) >= 11 is 0. The minimum Gasteiger partial charge on any atom is -0.489 e. The zero-order chi connectivity index (χ0) is 13.6. The van der Waals surface area contributed by atoms with E-state index in [9.17, 15) is 5.11 Å². The molecule has 0 unspecified atom stereocenters. The van der Waals surface area contributed by atoms with Crippen LogP contribution in [0, 0.1) is 6.92 Å². The maximum Gasteiger partial charge on any atom is 0.142 e. The summed E-state index contributed by atoms with van der Waals surface area (Å²) in [4.78, 5) is 4.48. The Morgan fingerprint density at radius 3 is 2.72 bits per heavy atom. The van der Waals surface area contributed by atoms with Crippen LogP contribution in [0.3, 0.4) is 0 Å². The molecule has 0 saturated heterocycles. The SMILES string of the molecule is CCCNCc1nc(C)ccc1OCC(C)(C)O. The Bertz CT molecular complexity index is 373. The molecule has 1 aromatic rings. The van der Waals surface area contributed by atoms with Gasteiger partial charge in [-0.3, -0.25) is 4.98 Å². The van der Waals surface area contributed by atoms with Crippen molar-refractivity contribution >= 4 is 0 Å². The molecule has 4 heteroatoms. The van der Waals surface area contributed by atoms with Gasteiger partial charge in [-0.15, -0.1) is 0 Å². The van der Waals surface area contributed by atoms with Crippen molar-refractivity contribution in [1.29, 1.82) is 0 Å². The van der Waals surface area contributed by atoms with E-state index in [1.54, 1.807) is 13.8 Å². The molecule has 0 aliphatic rings. The standard InChI is InChI=1S/C14H24N2O2/c1-5-8-15-9-12-13(7-6-11(2)16-12)18-10-14(3,4)17/h6-7,15,17H,5,8-10H2,1-4H3. The molecule has 0 radical (unpaired) electrons. The molecule has 102 valence electrons. The zero-order valence-corrected chi connectivity index (χ0v) is 11.8. The van der Waals surface area contributed by atoms with Crippen LogP contribution in [0.5, 0.6) is 5.75 Å². The largest absolute Gasteiger partial charge is 0.489 e. The molecule has 0 saturated carbocycles. The van der Waals surface area contributed by atoms with Gasteiger partial charge in [0, 0.05) is 12.2 Å². The van der Waals surface area contributed by atoms with Crippen molar-refractivity contribution in [2.75, 3.05) is 13.2 Å². The van der Waals surface area contributed by atoms with Gasteiger partial charge in [0.2, 0.25) is 0 Å². The first kappa shape index (κ1) is 14.9. The Balaban J connectivity index is 2.70. The smallest absolute Gasteiger partial charge is 0.142 e. The molecule has 0 spiro atoms. The Labute approximate surface area is 109 Å². The van der Waals surface area contributed by atoms with E-state index in [0.717, 1.165) is 30.1 Å². The number of aliphatic hydroxyl groups is 1. The first-order valence-electron chi connectivity index (χ1n) is 6.45. The highest BCUT2D eigenvalue weighted by molar-refractivity contribution is 5.29. The maximum atomic E-state index is 9.68. The van der Waals surface area contributed by atoms with Crippen LogP contribution in [-0.2, 0) is 6.54 Å². The Kier molecular flexibility index (Phi) is 5.56. The lowest BCUT2D eigenvalue weighted by atomic mass is 10.2. The van der Waals surface area contributed by atoms with Crippen molar-refractivity contribution in [2.24, 2.45) is 0 Å². The second kappa shape index (κ2) is 6.71. The quantitative estimate of drug-likeness (QED) is 0.729. The molecule has 0 aliphatic heterocycles. The van der Waals surface area contributed by atoms with E-state index >= 15 is 0 Å². The average molecular weight is 252 g/mol. The van der Waals surface area contributed by atoms with Gasteiger partial charge >= 0.3 is 0 Å². The molecule has 0 aliphatic carbocycles. The minimum atomic E-state index is -0.834. The lowest BCUT2D eigenvalue weighted by molar-refractivity contribution is 0.0279. The third-order valence-corrected chi connectivity index (χ3v) is 2.37. The number of pyridine rings is 1. The number of nitrogens with zero attached hydrogens (tertiary/aromatic N) is 1. The van der Waals surface area contributed by atoms with Crippen LogP contribution < -0.4 is 10.1 Å². The number of aryl methyl sites for hydroxylation is 1.